The van der Waals surface area contributed by atoms with Crippen molar-refractivity contribution in [2.75, 3.05) is 18.7 Å². The number of nitrogens with one attached hydrogen (secondary N) is 1. The number of hydrogen-bond acceptors (Lipinski definition) is 7. The first-order valence-electron chi connectivity index (χ1n) is 11.5. The van der Waals surface area contributed by atoms with Crippen LogP contribution in [0.2, 0.25) is 0 Å². The van der Waals surface area contributed by atoms with Crippen LogP contribution in [0.4, 0.5) is 10.5 Å². The molecule has 1 unspecified atom stereocenters. The Balaban J connectivity index is 1.44. The van der Waals surface area contributed by atoms with Crippen LogP contribution in [-0.4, -0.2) is 36.7 Å². The molecule has 0 saturated carbocycles. The number of anilines is 1. The van der Waals surface area contributed by atoms with Crippen LogP contribution in [0.1, 0.15) is 56.6 Å². The Kier molecular flexibility index (Phi) is 7.30. The van der Waals surface area contributed by atoms with Crippen molar-refractivity contribution >= 4 is 17.7 Å². The molecule has 0 fully saturated rings. The minimum atomic E-state index is -0.856. The van der Waals surface area contributed by atoms with Crippen LogP contribution in [0.5, 0.6) is 23.0 Å². The second-order valence-corrected chi connectivity index (χ2v) is 8.31. The second-order valence-electron chi connectivity index (χ2n) is 8.31. The van der Waals surface area contributed by atoms with Crippen LogP contribution in [0.25, 0.3) is 0 Å². The summed E-state index contributed by atoms with van der Waals surface area (Å²) in [6, 6.07) is 8.84. The number of carboxylic acids is 1. The number of benzene rings is 2. The van der Waals surface area contributed by atoms with Gasteiger partial charge in [-0.1, -0.05) is 26.3 Å². The largest absolute Gasteiger partial charge is 0.492 e. The molecule has 0 aliphatic carbocycles. The normalized spacial score (nSPS) is 16.4. The summed E-state index contributed by atoms with van der Waals surface area (Å²) in [5.41, 5.74) is 2.09. The van der Waals surface area contributed by atoms with Gasteiger partial charge in [0.15, 0.2) is 11.5 Å². The van der Waals surface area contributed by atoms with Gasteiger partial charge in [-0.15, -0.1) is 0 Å². The first kappa shape index (κ1) is 23.5. The van der Waals surface area contributed by atoms with Crippen molar-refractivity contribution in [3.05, 3.63) is 41.5 Å². The molecule has 2 N–H and O–H groups in total. The number of carbonyl (C=O) groups is 2. The van der Waals surface area contributed by atoms with Gasteiger partial charge in [-0.2, -0.15) is 0 Å². The van der Waals surface area contributed by atoms with Gasteiger partial charge in [0.05, 0.1) is 13.0 Å². The molecule has 9 heteroatoms. The number of rotatable bonds is 10. The summed E-state index contributed by atoms with van der Waals surface area (Å²) in [7, 11) is 0. The summed E-state index contributed by atoms with van der Waals surface area (Å²) >= 11 is 0. The topological polar surface area (TPSA) is 113 Å². The molecule has 1 amide bonds. The minimum absolute atomic E-state index is 0.0242. The molecular formula is C25H29NO8. The molecule has 0 radical (unpaired) electrons. The van der Waals surface area contributed by atoms with Crippen molar-refractivity contribution in [2.24, 2.45) is 0 Å². The van der Waals surface area contributed by atoms with Crippen molar-refractivity contribution in [3.8, 4) is 23.0 Å². The third-order valence-electron chi connectivity index (χ3n) is 5.82. The molecule has 2 aromatic carbocycles. The number of carboxylic acid groups (broad SMARTS) is 1. The number of aliphatic carboxylic acids is 1. The molecule has 0 saturated heterocycles. The van der Waals surface area contributed by atoms with Crippen molar-refractivity contribution in [1.29, 1.82) is 0 Å². The van der Waals surface area contributed by atoms with Crippen molar-refractivity contribution in [1.82, 2.24) is 0 Å². The number of fused-ring (bicyclic) bond motifs is 2. The second kappa shape index (κ2) is 10.5. The molecule has 0 spiro atoms. The van der Waals surface area contributed by atoms with Crippen molar-refractivity contribution in [2.45, 2.75) is 58.2 Å². The van der Waals surface area contributed by atoms with Crippen LogP contribution < -0.4 is 24.3 Å². The fourth-order valence-electron chi connectivity index (χ4n) is 4.12. The van der Waals surface area contributed by atoms with Gasteiger partial charge in [0.25, 0.3) is 0 Å². The SMILES string of the molecule is CCCC(CC)OC(=O)Nc1cc(COc2ccc3c(c2)OC[C@H]3CC(=O)O)c2c(c1)OCO2. The third kappa shape index (κ3) is 5.47. The molecule has 2 aliphatic heterocycles. The molecule has 182 valence electrons. The number of carbonyl (C=O) groups excluding carboxylic acids is 1. The lowest BCUT2D eigenvalue weighted by atomic mass is 9.98. The van der Waals surface area contributed by atoms with Gasteiger partial charge in [-0.25, -0.2) is 4.79 Å². The van der Waals surface area contributed by atoms with Gasteiger partial charge >= 0.3 is 12.1 Å². The summed E-state index contributed by atoms with van der Waals surface area (Å²) in [4.78, 5) is 23.4. The highest BCUT2D eigenvalue weighted by atomic mass is 16.7. The molecule has 2 atom stereocenters. The molecule has 2 aliphatic rings. The molecule has 34 heavy (non-hydrogen) atoms. The van der Waals surface area contributed by atoms with Crippen molar-refractivity contribution < 1.29 is 38.4 Å². The number of ether oxygens (including phenoxy) is 5. The zero-order valence-electron chi connectivity index (χ0n) is 19.3. The molecule has 2 aromatic rings. The van der Waals surface area contributed by atoms with E-state index in [-0.39, 0.29) is 31.8 Å². The predicted octanol–water partition coefficient (Wildman–Crippen LogP) is 5.07. The van der Waals surface area contributed by atoms with E-state index in [1.165, 1.54) is 0 Å². The van der Waals surface area contributed by atoms with Crippen molar-refractivity contribution in [3.63, 3.8) is 0 Å². The maximum Gasteiger partial charge on any atom is 0.411 e. The average molecular weight is 472 g/mol. The van der Waals surface area contributed by atoms with E-state index in [2.05, 4.69) is 12.2 Å². The van der Waals surface area contributed by atoms with Crippen LogP contribution in [0.15, 0.2) is 30.3 Å². The van der Waals surface area contributed by atoms with E-state index in [9.17, 15) is 9.59 Å². The smallest absolute Gasteiger partial charge is 0.411 e. The molecule has 4 rings (SSSR count). The van der Waals surface area contributed by atoms with Crippen LogP contribution in [0, 0.1) is 0 Å². The van der Waals surface area contributed by atoms with E-state index in [1.54, 1.807) is 24.3 Å². The van der Waals surface area contributed by atoms with E-state index in [0.717, 1.165) is 24.8 Å². The lowest BCUT2D eigenvalue weighted by Crippen LogP contribution is -2.22. The monoisotopic (exact) mass is 471 g/mol. The van der Waals surface area contributed by atoms with E-state index in [1.807, 2.05) is 13.0 Å². The highest BCUT2D eigenvalue weighted by molar-refractivity contribution is 5.85. The van der Waals surface area contributed by atoms with Crippen LogP contribution in [0.3, 0.4) is 0 Å². The Bertz CT molecular complexity index is 1050. The highest BCUT2D eigenvalue weighted by Crippen LogP contribution is 2.41. The van der Waals surface area contributed by atoms with E-state index < -0.39 is 12.1 Å². The van der Waals surface area contributed by atoms with Gasteiger partial charge in [-0.3, -0.25) is 10.1 Å². The predicted molar refractivity (Wildman–Crippen MR) is 123 cm³/mol. The summed E-state index contributed by atoms with van der Waals surface area (Å²) < 4.78 is 28.2. The zero-order valence-corrected chi connectivity index (χ0v) is 19.3. The Morgan fingerprint density at radius 1 is 1.15 bits per heavy atom. The Hall–Kier alpha value is -3.62. The Labute approximate surface area is 197 Å². The maximum atomic E-state index is 12.4. The van der Waals surface area contributed by atoms with Crippen LogP contribution in [-0.2, 0) is 16.1 Å². The van der Waals surface area contributed by atoms with Gasteiger partial charge in [0, 0.05) is 34.9 Å². The standard InChI is InChI=1S/C25H29NO8/c1-3-5-18(4-2)34-25(29)26-17-8-16(24-22(10-17)32-14-33-24)13-30-19-6-7-20-15(9-23(27)28)12-31-21(20)11-19/h6-8,10-11,15,18H,3-5,9,12-14H2,1-2H3,(H,26,29)(H,27,28)/t15-,18?/m1/s1. The van der Waals surface area contributed by atoms with Gasteiger partial charge in [0.1, 0.15) is 24.2 Å². The van der Waals surface area contributed by atoms with Crippen LogP contribution >= 0.6 is 0 Å². The molecule has 9 nitrogen and oxygen atoms in total. The molecular weight excluding hydrogens is 442 g/mol. The highest BCUT2D eigenvalue weighted by Gasteiger charge is 2.27. The fourth-order valence-corrected chi connectivity index (χ4v) is 4.12. The molecule has 0 aromatic heterocycles. The lowest BCUT2D eigenvalue weighted by molar-refractivity contribution is -0.137. The third-order valence-corrected chi connectivity index (χ3v) is 5.82. The first-order valence-corrected chi connectivity index (χ1v) is 11.5. The zero-order chi connectivity index (χ0) is 24.1. The molecule has 2 heterocycles. The van der Waals surface area contributed by atoms with E-state index >= 15 is 0 Å². The Morgan fingerprint density at radius 2 is 2.00 bits per heavy atom. The first-order chi connectivity index (χ1) is 16.5. The molecule has 0 bridgehead atoms. The fraction of sp³-hybridized carbons (Fsp3) is 0.440. The number of amides is 1. The quantitative estimate of drug-likeness (QED) is 0.494. The maximum absolute atomic E-state index is 12.4. The van der Waals surface area contributed by atoms with Gasteiger partial charge in [0.2, 0.25) is 6.79 Å². The van der Waals surface area contributed by atoms with E-state index in [0.29, 0.717) is 40.9 Å². The summed E-state index contributed by atoms with van der Waals surface area (Å²) in [5.74, 6) is 1.27. The number of hydrogen-bond donors (Lipinski definition) is 2. The Morgan fingerprint density at radius 3 is 2.76 bits per heavy atom. The van der Waals surface area contributed by atoms with E-state index in [4.69, 9.17) is 28.8 Å². The van der Waals surface area contributed by atoms with Gasteiger partial charge in [-0.05, 0) is 25.0 Å². The summed E-state index contributed by atoms with van der Waals surface area (Å²) in [6.45, 7) is 4.63. The average Bonchev–Trinajstić information content (AvgIpc) is 3.43. The lowest BCUT2D eigenvalue weighted by Gasteiger charge is -2.16. The van der Waals surface area contributed by atoms with Gasteiger partial charge < -0.3 is 28.8 Å². The minimum Gasteiger partial charge on any atom is -0.492 e. The summed E-state index contributed by atoms with van der Waals surface area (Å²) in [5, 5.41) is 11.8. The summed E-state index contributed by atoms with van der Waals surface area (Å²) in [6.07, 6.45) is 1.88.